The molecule has 0 heterocycles. The standard InChI is InChI=1S/C22H32O3/c1-6-7-16(3)20(10-11-23)21(24)9-8-15(2)12-19-13-17(4)22(25)18(5)14-19/h10,12-14,21,23-25H,3,6-9,11H2,1-2,4-5H3/b15-12+,20-10-. The number of hydrogen-bond donors (Lipinski definition) is 3. The van der Waals surface area contributed by atoms with Crippen LogP contribution in [0.15, 0.2) is 41.5 Å². The van der Waals surface area contributed by atoms with E-state index in [1.807, 2.05) is 32.9 Å². The monoisotopic (exact) mass is 344 g/mol. The lowest BCUT2D eigenvalue weighted by Crippen LogP contribution is -2.13. The SMILES string of the molecule is C=C(CCC)/C(=C/CO)C(O)CC/C(C)=C/c1cc(C)c(O)c(C)c1. The summed E-state index contributed by atoms with van der Waals surface area (Å²) in [5.74, 6) is 0.346. The van der Waals surface area contributed by atoms with Crippen molar-refractivity contribution in [2.24, 2.45) is 0 Å². The van der Waals surface area contributed by atoms with E-state index in [0.717, 1.165) is 52.7 Å². The van der Waals surface area contributed by atoms with Crippen molar-refractivity contribution in [3.05, 3.63) is 58.2 Å². The summed E-state index contributed by atoms with van der Waals surface area (Å²) in [6, 6.07) is 3.92. The van der Waals surface area contributed by atoms with Gasteiger partial charge in [0.15, 0.2) is 0 Å². The summed E-state index contributed by atoms with van der Waals surface area (Å²) in [4.78, 5) is 0. The number of benzene rings is 1. The highest BCUT2D eigenvalue weighted by atomic mass is 16.3. The first-order valence-electron chi connectivity index (χ1n) is 8.94. The molecule has 0 fully saturated rings. The first kappa shape index (κ1) is 21.2. The molecule has 0 aromatic heterocycles. The lowest BCUT2D eigenvalue weighted by Gasteiger charge is -2.17. The van der Waals surface area contributed by atoms with Gasteiger partial charge in [-0.2, -0.15) is 0 Å². The number of aryl methyl sites for hydroxylation is 2. The third kappa shape index (κ3) is 6.52. The Morgan fingerprint density at radius 3 is 2.32 bits per heavy atom. The summed E-state index contributed by atoms with van der Waals surface area (Å²) < 4.78 is 0. The van der Waals surface area contributed by atoms with Gasteiger partial charge in [0, 0.05) is 0 Å². The molecule has 0 saturated heterocycles. The molecular weight excluding hydrogens is 312 g/mol. The fourth-order valence-electron chi connectivity index (χ4n) is 3.01. The Morgan fingerprint density at radius 2 is 1.80 bits per heavy atom. The lowest BCUT2D eigenvalue weighted by atomic mass is 9.93. The molecule has 0 aliphatic carbocycles. The molecule has 138 valence electrons. The lowest BCUT2D eigenvalue weighted by molar-refractivity contribution is 0.200. The van der Waals surface area contributed by atoms with Gasteiger partial charge in [0.1, 0.15) is 5.75 Å². The Morgan fingerprint density at radius 1 is 1.20 bits per heavy atom. The molecule has 3 nitrogen and oxygen atoms in total. The molecule has 1 atom stereocenters. The molecule has 1 aromatic rings. The van der Waals surface area contributed by atoms with Gasteiger partial charge in [-0.3, -0.25) is 0 Å². The van der Waals surface area contributed by atoms with E-state index in [-0.39, 0.29) is 6.61 Å². The zero-order chi connectivity index (χ0) is 19.0. The highest BCUT2D eigenvalue weighted by Gasteiger charge is 2.13. The number of aromatic hydroxyl groups is 1. The maximum atomic E-state index is 10.5. The van der Waals surface area contributed by atoms with Crippen LogP contribution in [0.4, 0.5) is 0 Å². The van der Waals surface area contributed by atoms with E-state index in [4.69, 9.17) is 0 Å². The van der Waals surface area contributed by atoms with Gasteiger partial charge in [-0.25, -0.2) is 0 Å². The van der Waals surface area contributed by atoms with Crippen molar-refractivity contribution >= 4 is 6.08 Å². The van der Waals surface area contributed by atoms with Crippen molar-refractivity contribution in [2.45, 2.75) is 59.5 Å². The average molecular weight is 344 g/mol. The Bertz CT molecular complexity index is 630. The number of rotatable bonds is 9. The molecule has 25 heavy (non-hydrogen) atoms. The first-order valence-corrected chi connectivity index (χ1v) is 8.94. The van der Waals surface area contributed by atoms with Gasteiger partial charge in [0.2, 0.25) is 0 Å². The molecule has 0 aliphatic heterocycles. The minimum absolute atomic E-state index is 0.0873. The smallest absolute Gasteiger partial charge is 0.121 e. The molecule has 0 amide bonds. The van der Waals surface area contributed by atoms with Crippen LogP contribution in [0.2, 0.25) is 0 Å². The van der Waals surface area contributed by atoms with E-state index in [0.29, 0.717) is 12.2 Å². The molecule has 1 aromatic carbocycles. The quantitative estimate of drug-likeness (QED) is 0.562. The van der Waals surface area contributed by atoms with Crippen LogP contribution in [-0.2, 0) is 0 Å². The number of hydrogen-bond acceptors (Lipinski definition) is 3. The van der Waals surface area contributed by atoms with Crippen molar-refractivity contribution in [1.82, 2.24) is 0 Å². The zero-order valence-corrected chi connectivity index (χ0v) is 16.0. The van der Waals surface area contributed by atoms with E-state index in [2.05, 4.69) is 19.6 Å². The van der Waals surface area contributed by atoms with Crippen LogP contribution in [-0.4, -0.2) is 28.0 Å². The van der Waals surface area contributed by atoms with Crippen LogP contribution in [0.25, 0.3) is 6.08 Å². The van der Waals surface area contributed by atoms with Crippen LogP contribution >= 0.6 is 0 Å². The van der Waals surface area contributed by atoms with E-state index in [1.54, 1.807) is 6.08 Å². The number of aliphatic hydroxyl groups is 2. The third-order valence-corrected chi connectivity index (χ3v) is 4.37. The number of aliphatic hydroxyl groups excluding tert-OH is 2. The fraction of sp³-hybridized carbons (Fsp3) is 0.455. The van der Waals surface area contributed by atoms with Crippen LogP contribution < -0.4 is 0 Å². The fourth-order valence-corrected chi connectivity index (χ4v) is 3.01. The van der Waals surface area contributed by atoms with E-state index < -0.39 is 6.10 Å². The largest absolute Gasteiger partial charge is 0.507 e. The molecule has 3 N–H and O–H groups in total. The average Bonchev–Trinajstić information content (AvgIpc) is 2.55. The van der Waals surface area contributed by atoms with Crippen molar-refractivity contribution in [3.8, 4) is 5.75 Å². The van der Waals surface area contributed by atoms with Crippen LogP contribution in [0.3, 0.4) is 0 Å². The Balaban J connectivity index is 2.78. The van der Waals surface area contributed by atoms with Crippen molar-refractivity contribution in [2.75, 3.05) is 6.61 Å². The van der Waals surface area contributed by atoms with Gasteiger partial charge < -0.3 is 15.3 Å². The van der Waals surface area contributed by atoms with Crippen molar-refractivity contribution in [3.63, 3.8) is 0 Å². The molecular formula is C22H32O3. The maximum Gasteiger partial charge on any atom is 0.121 e. The minimum atomic E-state index is -0.613. The van der Waals surface area contributed by atoms with Crippen molar-refractivity contribution in [1.29, 1.82) is 0 Å². The van der Waals surface area contributed by atoms with Gasteiger partial charge >= 0.3 is 0 Å². The second kappa shape index (κ2) is 10.2. The molecule has 0 radical (unpaired) electrons. The van der Waals surface area contributed by atoms with Crippen LogP contribution in [0.1, 0.15) is 56.2 Å². The van der Waals surface area contributed by atoms with Gasteiger partial charge in [-0.05, 0) is 80.0 Å². The van der Waals surface area contributed by atoms with E-state index in [1.165, 1.54) is 0 Å². The highest BCUT2D eigenvalue weighted by molar-refractivity contribution is 5.57. The first-order chi connectivity index (χ1) is 11.8. The molecule has 3 heteroatoms. The summed E-state index contributed by atoms with van der Waals surface area (Å²) in [7, 11) is 0. The molecule has 1 rings (SSSR count). The third-order valence-electron chi connectivity index (χ3n) is 4.37. The highest BCUT2D eigenvalue weighted by Crippen LogP contribution is 2.26. The summed E-state index contributed by atoms with van der Waals surface area (Å²) in [5, 5.41) is 29.5. The Labute approximate surface area is 152 Å². The second-order valence-corrected chi connectivity index (χ2v) is 6.74. The summed E-state index contributed by atoms with van der Waals surface area (Å²) in [6.45, 7) is 11.8. The predicted octanol–water partition coefficient (Wildman–Crippen LogP) is 4.83. The van der Waals surface area contributed by atoms with Gasteiger partial charge in [0.25, 0.3) is 0 Å². The summed E-state index contributed by atoms with van der Waals surface area (Å²) in [6.07, 6.45) is 6.26. The zero-order valence-electron chi connectivity index (χ0n) is 16.0. The Hall–Kier alpha value is -1.84. The molecule has 0 saturated carbocycles. The summed E-state index contributed by atoms with van der Waals surface area (Å²) in [5.41, 5.74) is 5.60. The molecule has 0 bridgehead atoms. The number of allylic oxidation sites excluding steroid dienone is 1. The summed E-state index contributed by atoms with van der Waals surface area (Å²) >= 11 is 0. The van der Waals surface area contributed by atoms with E-state index in [9.17, 15) is 15.3 Å². The van der Waals surface area contributed by atoms with Gasteiger partial charge in [0.05, 0.1) is 12.7 Å². The van der Waals surface area contributed by atoms with Gasteiger partial charge in [-0.15, -0.1) is 0 Å². The molecule has 0 spiro atoms. The topological polar surface area (TPSA) is 60.7 Å². The maximum absolute atomic E-state index is 10.5. The van der Waals surface area contributed by atoms with Crippen LogP contribution in [0.5, 0.6) is 5.75 Å². The number of phenolic OH excluding ortho intramolecular Hbond substituents is 1. The molecule has 0 aliphatic rings. The minimum Gasteiger partial charge on any atom is -0.507 e. The van der Waals surface area contributed by atoms with Gasteiger partial charge in [-0.1, -0.05) is 37.6 Å². The van der Waals surface area contributed by atoms with Crippen LogP contribution in [0, 0.1) is 13.8 Å². The molecule has 1 unspecified atom stereocenters. The van der Waals surface area contributed by atoms with E-state index >= 15 is 0 Å². The second-order valence-electron chi connectivity index (χ2n) is 6.74. The number of phenols is 1. The van der Waals surface area contributed by atoms with Crippen molar-refractivity contribution < 1.29 is 15.3 Å². The predicted molar refractivity (Wildman–Crippen MR) is 106 cm³/mol. The normalized spacial score (nSPS) is 13.8. The Kier molecular flexibility index (Phi) is 8.67.